The molecule has 0 atom stereocenters. The van der Waals surface area contributed by atoms with Crippen LogP contribution in [0.1, 0.15) is 69.5 Å². The lowest BCUT2D eigenvalue weighted by Crippen LogP contribution is -2.19. The van der Waals surface area contributed by atoms with E-state index in [1.807, 2.05) is 26.0 Å². The second-order valence-electron chi connectivity index (χ2n) is 10.4. The molecule has 4 rings (SSSR count). The maximum atomic E-state index is 9.26. The van der Waals surface area contributed by atoms with Crippen LogP contribution in [0.3, 0.4) is 0 Å². The van der Waals surface area contributed by atoms with E-state index in [0.717, 1.165) is 64.6 Å². The van der Waals surface area contributed by atoms with Gasteiger partial charge in [-0.15, -0.1) is 0 Å². The van der Waals surface area contributed by atoms with E-state index in [0.29, 0.717) is 31.3 Å². The van der Waals surface area contributed by atoms with Crippen LogP contribution in [0.5, 0.6) is 5.75 Å². The van der Waals surface area contributed by atoms with E-state index >= 15 is 0 Å². The fourth-order valence-corrected chi connectivity index (χ4v) is 5.25. The van der Waals surface area contributed by atoms with Gasteiger partial charge in [0.05, 0.1) is 11.0 Å². The van der Waals surface area contributed by atoms with Gasteiger partial charge >= 0.3 is 8.60 Å². The number of aromatic nitrogens is 3. The van der Waals surface area contributed by atoms with Gasteiger partial charge < -0.3 is 29.3 Å². The van der Waals surface area contributed by atoms with Crippen LogP contribution in [0.25, 0.3) is 21.9 Å². The summed E-state index contributed by atoms with van der Waals surface area (Å²) in [5.41, 5.74) is 12.1. The van der Waals surface area contributed by atoms with Gasteiger partial charge in [-0.1, -0.05) is 51.5 Å². The fraction of sp³-hybridized carbons (Fsp3) is 0.448. The predicted octanol–water partition coefficient (Wildman–Crippen LogP) is 6.16. The maximum absolute atomic E-state index is 9.26. The van der Waals surface area contributed by atoms with Gasteiger partial charge in [-0.05, 0) is 60.9 Å². The Morgan fingerprint density at radius 3 is 2.55 bits per heavy atom. The van der Waals surface area contributed by atoms with E-state index in [2.05, 4.69) is 43.5 Å². The number of nitrogen functional groups attached to an aromatic ring is 1. The number of aryl methyl sites for hydroxylation is 2. The number of hydrogen-bond donors (Lipinski definition) is 3. The fourth-order valence-electron chi connectivity index (χ4n) is 4.87. The first-order valence-corrected chi connectivity index (χ1v) is 14.4. The highest BCUT2D eigenvalue weighted by atomic mass is 31.2. The van der Waals surface area contributed by atoms with Crippen molar-refractivity contribution in [3.63, 3.8) is 0 Å². The summed E-state index contributed by atoms with van der Waals surface area (Å²) in [6.07, 6.45) is 3.84. The minimum absolute atomic E-state index is 0.0634. The van der Waals surface area contributed by atoms with Gasteiger partial charge in [0.25, 0.3) is 0 Å². The first kappa shape index (κ1) is 28.2. The molecule has 2 heterocycles. The molecule has 0 saturated heterocycles. The highest BCUT2D eigenvalue weighted by molar-refractivity contribution is 7.39. The van der Waals surface area contributed by atoms with Crippen LogP contribution in [0.2, 0.25) is 0 Å². The van der Waals surface area contributed by atoms with E-state index in [1.54, 1.807) is 6.07 Å². The molecule has 9 heteroatoms. The van der Waals surface area contributed by atoms with Crippen molar-refractivity contribution in [3.8, 4) is 5.75 Å². The molecule has 0 bridgehead atoms. The molecule has 2 aromatic carbocycles. The van der Waals surface area contributed by atoms with Gasteiger partial charge in [-0.2, -0.15) is 0 Å². The predicted molar refractivity (Wildman–Crippen MR) is 154 cm³/mol. The summed E-state index contributed by atoms with van der Waals surface area (Å²) in [6, 6.07) is 12.2. The summed E-state index contributed by atoms with van der Waals surface area (Å²) < 4.78 is 13.0. The van der Waals surface area contributed by atoms with Crippen molar-refractivity contribution in [2.24, 2.45) is 0 Å². The molecule has 0 aliphatic carbocycles. The second-order valence-corrected chi connectivity index (χ2v) is 11.1. The van der Waals surface area contributed by atoms with Gasteiger partial charge in [0.1, 0.15) is 17.1 Å². The Balaban J connectivity index is 1.82. The Bertz CT molecular complexity index is 1420. The Labute approximate surface area is 225 Å². The largest absolute Gasteiger partial charge is 0.427 e. The van der Waals surface area contributed by atoms with Crippen LogP contribution >= 0.6 is 8.60 Å². The van der Waals surface area contributed by atoms with Crippen LogP contribution in [0.4, 0.5) is 5.82 Å². The number of pyridine rings is 1. The molecule has 0 spiro atoms. The smallest absolute Gasteiger partial charge is 0.391 e. The molecule has 0 radical (unpaired) electrons. The molecule has 204 valence electrons. The number of fused-ring (bicyclic) bond motifs is 3. The Morgan fingerprint density at radius 2 is 1.87 bits per heavy atom. The van der Waals surface area contributed by atoms with E-state index in [9.17, 15) is 9.79 Å². The maximum Gasteiger partial charge on any atom is 0.391 e. The SMILES string of the molecule is CCCCc1nc2c(N)nc3cc(C(C)(C)CCOCC)ccc3c2n1Cc1ccc(OP(O)O)c(C)c1. The number of hydrogen-bond acceptors (Lipinski definition) is 7. The normalized spacial score (nSPS) is 12.2. The lowest BCUT2D eigenvalue weighted by atomic mass is 9.81. The minimum atomic E-state index is -2.46. The van der Waals surface area contributed by atoms with Crippen LogP contribution in [0, 0.1) is 6.92 Å². The lowest BCUT2D eigenvalue weighted by Gasteiger charge is -2.25. The molecular formula is C29H39N4O4P. The Morgan fingerprint density at radius 1 is 1.08 bits per heavy atom. The number of nitrogens with two attached hydrogens (primary N) is 1. The summed E-state index contributed by atoms with van der Waals surface area (Å²) in [5.74, 6) is 1.88. The van der Waals surface area contributed by atoms with E-state index < -0.39 is 8.60 Å². The Kier molecular flexibility index (Phi) is 8.89. The first-order valence-electron chi connectivity index (χ1n) is 13.3. The summed E-state index contributed by atoms with van der Waals surface area (Å²) in [4.78, 5) is 28.3. The third-order valence-corrected chi connectivity index (χ3v) is 7.51. The first-order chi connectivity index (χ1) is 18.1. The van der Waals surface area contributed by atoms with Crippen LogP contribution < -0.4 is 10.3 Å². The molecule has 4 aromatic rings. The Hall–Kier alpha value is -2.77. The van der Waals surface area contributed by atoms with Crippen molar-refractivity contribution in [1.29, 1.82) is 0 Å². The number of benzene rings is 2. The molecule has 0 aliphatic rings. The van der Waals surface area contributed by atoms with Crippen molar-refractivity contribution in [2.45, 2.75) is 72.3 Å². The molecule has 0 amide bonds. The van der Waals surface area contributed by atoms with E-state index in [4.69, 9.17) is 25.0 Å². The highest BCUT2D eigenvalue weighted by Crippen LogP contribution is 2.35. The van der Waals surface area contributed by atoms with E-state index in [1.165, 1.54) is 5.56 Å². The second kappa shape index (κ2) is 12.0. The number of imidazole rings is 1. The molecule has 4 N–H and O–H groups in total. The summed E-state index contributed by atoms with van der Waals surface area (Å²) in [5, 5.41) is 1.02. The van der Waals surface area contributed by atoms with Gasteiger partial charge in [-0.25, -0.2) is 9.97 Å². The molecule has 0 saturated carbocycles. The van der Waals surface area contributed by atoms with Gasteiger partial charge in [0.15, 0.2) is 5.82 Å². The summed E-state index contributed by atoms with van der Waals surface area (Å²) >= 11 is 0. The van der Waals surface area contributed by atoms with Gasteiger partial charge in [0, 0.05) is 31.6 Å². The molecular weight excluding hydrogens is 499 g/mol. The number of unbranched alkanes of at least 4 members (excludes halogenated alkanes) is 1. The molecule has 0 fully saturated rings. The van der Waals surface area contributed by atoms with Gasteiger partial charge in [0.2, 0.25) is 0 Å². The van der Waals surface area contributed by atoms with E-state index in [-0.39, 0.29) is 5.41 Å². The summed E-state index contributed by atoms with van der Waals surface area (Å²) in [6.45, 7) is 12.6. The zero-order valence-electron chi connectivity index (χ0n) is 23.0. The number of rotatable bonds is 12. The van der Waals surface area contributed by atoms with Gasteiger partial charge in [-0.3, -0.25) is 0 Å². The standard InChI is InChI=1S/C29H39N4O4P/c1-6-8-9-25-32-26-27(33(25)18-20-10-13-24(19(3)16-20)37-38(34)35)22-12-11-21(17-23(22)31-28(26)30)29(4,5)14-15-36-7-2/h10-13,16-17,34-35H,6-9,14-15,18H2,1-5H3,(H2,30,31). The van der Waals surface area contributed by atoms with Crippen molar-refractivity contribution in [2.75, 3.05) is 18.9 Å². The zero-order chi connectivity index (χ0) is 27.4. The zero-order valence-corrected chi connectivity index (χ0v) is 23.9. The van der Waals surface area contributed by atoms with Crippen LogP contribution in [0.15, 0.2) is 36.4 Å². The van der Waals surface area contributed by atoms with Crippen molar-refractivity contribution in [1.82, 2.24) is 14.5 Å². The number of nitrogens with zero attached hydrogens (tertiary/aromatic N) is 3. The molecule has 8 nitrogen and oxygen atoms in total. The summed E-state index contributed by atoms with van der Waals surface area (Å²) in [7, 11) is -2.46. The quantitative estimate of drug-likeness (QED) is 0.146. The highest BCUT2D eigenvalue weighted by Gasteiger charge is 2.23. The third-order valence-electron chi connectivity index (χ3n) is 7.15. The molecule has 0 aliphatic heterocycles. The lowest BCUT2D eigenvalue weighted by molar-refractivity contribution is 0.130. The molecule has 0 unspecified atom stereocenters. The average molecular weight is 539 g/mol. The molecule has 38 heavy (non-hydrogen) atoms. The van der Waals surface area contributed by atoms with Crippen LogP contribution in [-0.4, -0.2) is 37.5 Å². The van der Waals surface area contributed by atoms with Crippen molar-refractivity contribution >= 4 is 36.4 Å². The number of ether oxygens (including phenoxy) is 1. The third kappa shape index (κ3) is 6.10. The minimum Gasteiger partial charge on any atom is -0.427 e. The topological polar surface area (TPSA) is 116 Å². The average Bonchev–Trinajstić information content (AvgIpc) is 3.23. The van der Waals surface area contributed by atoms with Crippen LogP contribution in [-0.2, 0) is 23.1 Å². The number of anilines is 1. The monoisotopic (exact) mass is 538 g/mol. The molecule has 2 aromatic heterocycles. The van der Waals surface area contributed by atoms with Crippen molar-refractivity contribution in [3.05, 3.63) is 58.9 Å². The van der Waals surface area contributed by atoms with Crippen molar-refractivity contribution < 1.29 is 19.0 Å².